The average molecular weight is 248 g/mol. The molecular weight excluding hydrogens is 237 g/mol. The Morgan fingerprint density at radius 1 is 1.53 bits per heavy atom. The summed E-state index contributed by atoms with van der Waals surface area (Å²) in [6, 6.07) is 4.65. The normalized spacial score (nSPS) is 12.3. The second-order valence-electron chi connectivity index (χ2n) is 3.18. The van der Waals surface area contributed by atoms with Crippen LogP contribution in [0.4, 0.5) is 0 Å². The fraction of sp³-hybridized carbons (Fsp3) is 0.300. The van der Waals surface area contributed by atoms with Crippen LogP contribution in [0.5, 0.6) is 0 Å². The molecule has 1 rings (SSSR count). The molecule has 0 aromatic heterocycles. The largest absolute Gasteiger partial charge is 0.392 e. The van der Waals surface area contributed by atoms with Crippen molar-refractivity contribution in [1.82, 2.24) is 5.32 Å². The molecule has 0 radical (unpaired) electrons. The van der Waals surface area contributed by atoms with Gasteiger partial charge in [0, 0.05) is 11.6 Å². The lowest BCUT2D eigenvalue weighted by molar-refractivity contribution is 0.0924. The zero-order valence-corrected chi connectivity index (χ0v) is 9.64. The van der Waals surface area contributed by atoms with Crippen molar-refractivity contribution in [3.05, 3.63) is 33.8 Å². The number of nitrogens with one attached hydrogen (secondary N) is 1. The van der Waals surface area contributed by atoms with Crippen LogP contribution in [0.2, 0.25) is 10.0 Å². The molecule has 0 aliphatic heterocycles. The summed E-state index contributed by atoms with van der Waals surface area (Å²) >= 11 is 11.6. The topological polar surface area (TPSA) is 49.3 Å². The van der Waals surface area contributed by atoms with Gasteiger partial charge in [0.05, 0.1) is 16.7 Å². The zero-order chi connectivity index (χ0) is 11.4. The Bertz CT molecular complexity index is 366. The highest BCUT2D eigenvalue weighted by Crippen LogP contribution is 2.20. The number of hydrogen-bond acceptors (Lipinski definition) is 2. The van der Waals surface area contributed by atoms with E-state index >= 15 is 0 Å². The van der Waals surface area contributed by atoms with E-state index in [9.17, 15) is 4.79 Å². The molecule has 1 atom stereocenters. The van der Waals surface area contributed by atoms with E-state index in [4.69, 9.17) is 28.3 Å². The molecule has 0 aliphatic rings. The third-order valence-corrected chi connectivity index (χ3v) is 2.30. The van der Waals surface area contributed by atoms with Gasteiger partial charge in [-0.1, -0.05) is 23.2 Å². The number of benzene rings is 1. The molecule has 5 heteroatoms. The summed E-state index contributed by atoms with van der Waals surface area (Å²) in [6.07, 6.45) is -0.591. The van der Waals surface area contributed by atoms with Crippen LogP contribution < -0.4 is 5.32 Å². The highest BCUT2D eigenvalue weighted by molar-refractivity contribution is 6.35. The molecule has 0 heterocycles. The Labute approximate surface area is 98.0 Å². The third kappa shape index (κ3) is 3.70. The highest BCUT2D eigenvalue weighted by atomic mass is 35.5. The second-order valence-corrected chi connectivity index (χ2v) is 4.03. The van der Waals surface area contributed by atoms with Crippen LogP contribution in [0.1, 0.15) is 17.3 Å². The summed E-state index contributed by atoms with van der Waals surface area (Å²) in [7, 11) is 0. The first kappa shape index (κ1) is 12.3. The Hall–Kier alpha value is -0.770. The number of carbonyl (C=O) groups excluding carboxylic acids is 1. The maximum atomic E-state index is 11.6. The monoisotopic (exact) mass is 247 g/mol. The lowest BCUT2D eigenvalue weighted by Gasteiger charge is -2.08. The predicted octanol–water partition coefficient (Wildman–Crippen LogP) is 2.10. The lowest BCUT2D eigenvalue weighted by atomic mass is 10.2. The molecule has 3 nitrogen and oxygen atoms in total. The van der Waals surface area contributed by atoms with Gasteiger partial charge in [-0.2, -0.15) is 0 Å². The standard InChI is InChI=1S/C10H11Cl2NO2/c1-6(14)5-13-10(15)8-4-7(11)2-3-9(8)12/h2-4,6,14H,5H2,1H3,(H,13,15). The number of amides is 1. The number of aliphatic hydroxyl groups is 1. The van der Waals surface area contributed by atoms with E-state index in [-0.39, 0.29) is 12.5 Å². The summed E-state index contributed by atoms with van der Waals surface area (Å²) in [4.78, 5) is 11.6. The van der Waals surface area contributed by atoms with E-state index in [0.29, 0.717) is 15.6 Å². The minimum absolute atomic E-state index is 0.182. The van der Waals surface area contributed by atoms with Crippen molar-refractivity contribution in [3.8, 4) is 0 Å². The van der Waals surface area contributed by atoms with Gasteiger partial charge in [0.1, 0.15) is 0 Å². The van der Waals surface area contributed by atoms with Gasteiger partial charge in [0.15, 0.2) is 0 Å². The number of halogens is 2. The molecule has 0 aliphatic carbocycles. The molecule has 0 fully saturated rings. The van der Waals surface area contributed by atoms with Crippen LogP contribution in [0.25, 0.3) is 0 Å². The fourth-order valence-electron chi connectivity index (χ4n) is 1.01. The number of carbonyl (C=O) groups is 1. The average Bonchev–Trinajstić information content (AvgIpc) is 2.18. The molecular formula is C10H11Cl2NO2. The minimum Gasteiger partial charge on any atom is -0.392 e. The van der Waals surface area contributed by atoms with E-state index in [1.54, 1.807) is 19.1 Å². The van der Waals surface area contributed by atoms with Crippen LogP contribution in [-0.4, -0.2) is 23.7 Å². The summed E-state index contributed by atoms with van der Waals surface area (Å²) in [5.74, 6) is -0.344. The van der Waals surface area contributed by atoms with Crippen molar-refractivity contribution < 1.29 is 9.90 Å². The molecule has 2 N–H and O–H groups in total. The Morgan fingerprint density at radius 3 is 2.80 bits per heavy atom. The van der Waals surface area contributed by atoms with Crippen molar-refractivity contribution in [2.24, 2.45) is 0 Å². The maximum Gasteiger partial charge on any atom is 0.252 e. The van der Waals surface area contributed by atoms with E-state index < -0.39 is 6.10 Å². The molecule has 1 amide bonds. The van der Waals surface area contributed by atoms with Gasteiger partial charge in [-0.25, -0.2) is 0 Å². The number of aliphatic hydroxyl groups excluding tert-OH is 1. The summed E-state index contributed by atoms with van der Waals surface area (Å²) in [6.45, 7) is 1.77. The van der Waals surface area contributed by atoms with Gasteiger partial charge in [0.25, 0.3) is 5.91 Å². The molecule has 1 aromatic carbocycles. The first-order valence-corrected chi connectivity index (χ1v) is 5.17. The molecule has 82 valence electrons. The van der Waals surface area contributed by atoms with Gasteiger partial charge in [0.2, 0.25) is 0 Å². The van der Waals surface area contributed by atoms with Crippen molar-refractivity contribution in [2.45, 2.75) is 13.0 Å². The van der Waals surface area contributed by atoms with E-state index in [0.717, 1.165) is 0 Å². The molecule has 15 heavy (non-hydrogen) atoms. The quantitative estimate of drug-likeness (QED) is 0.860. The van der Waals surface area contributed by atoms with Crippen LogP contribution in [-0.2, 0) is 0 Å². The number of hydrogen-bond donors (Lipinski definition) is 2. The van der Waals surface area contributed by atoms with E-state index in [1.165, 1.54) is 6.07 Å². The number of rotatable bonds is 3. The van der Waals surface area contributed by atoms with Crippen molar-refractivity contribution in [1.29, 1.82) is 0 Å². The Balaban J connectivity index is 2.77. The lowest BCUT2D eigenvalue weighted by Crippen LogP contribution is -2.30. The molecule has 0 bridgehead atoms. The third-order valence-electron chi connectivity index (χ3n) is 1.73. The van der Waals surface area contributed by atoms with Crippen molar-refractivity contribution >= 4 is 29.1 Å². The smallest absolute Gasteiger partial charge is 0.252 e. The van der Waals surface area contributed by atoms with E-state index in [1.807, 2.05) is 0 Å². The second kappa shape index (κ2) is 5.35. The Morgan fingerprint density at radius 2 is 2.20 bits per heavy atom. The van der Waals surface area contributed by atoms with Gasteiger partial charge >= 0.3 is 0 Å². The minimum atomic E-state index is -0.591. The highest BCUT2D eigenvalue weighted by Gasteiger charge is 2.10. The van der Waals surface area contributed by atoms with E-state index in [2.05, 4.69) is 5.32 Å². The van der Waals surface area contributed by atoms with Crippen LogP contribution in [0, 0.1) is 0 Å². The maximum absolute atomic E-state index is 11.6. The SMILES string of the molecule is CC(O)CNC(=O)c1cc(Cl)ccc1Cl. The molecule has 0 spiro atoms. The molecule has 1 aromatic rings. The van der Waals surface area contributed by atoms with Crippen molar-refractivity contribution in [2.75, 3.05) is 6.54 Å². The van der Waals surface area contributed by atoms with Gasteiger partial charge in [-0.15, -0.1) is 0 Å². The summed E-state index contributed by atoms with van der Waals surface area (Å²) < 4.78 is 0. The zero-order valence-electron chi connectivity index (χ0n) is 8.13. The van der Waals surface area contributed by atoms with Gasteiger partial charge in [-0.05, 0) is 25.1 Å². The van der Waals surface area contributed by atoms with Crippen LogP contribution in [0.3, 0.4) is 0 Å². The van der Waals surface area contributed by atoms with Gasteiger partial charge < -0.3 is 10.4 Å². The summed E-state index contributed by atoms with van der Waals surface area (Å²) in [5, 5.41) is 12.3. The Kier molecular flexibility index (Phi) is 4.39. The molecule has 0 saturated carbocycles. The fourth-order valence-corrected chi connectivity index (χ4v) is 1.38. The first-order chi connectivity index (χ1) is 7.00. The van der Waals surface area contributed by atoms with Crippen LogP contribution in [0.15, 0.2) is 18.2 Å². The molecule has 1 unspecified atom stereocenters. The first-order valence-electron chi connectivity index (χ1n) is 4.42. The van der Waals surface area contributed by atoms with Crippen LogP contribution >= 0.6 is 23.2 Å². The van der Waals surface area contributed by atoms with Crippen molar-refractivity contribution in [3.63, 3.8) is 0 Å². The predicted molar refractivity (Wildman–Crippen MR) is 60.5 cm³/mol. The van der Waals surface area contributed by atoms with Gasteiger partial charge in [-0.3, -0.25) is 4.79 Å². The summed E-state index contributed by atoms with van der Waals surface area (Å²) in [5.41, 5.74) is 0.310. The molecule has 0 saturated heterocycles.